The molecular formula is C13H12N3O+. The molecule has 2 heterocycles. The van der Waals surface area contributed by atoms with Gasteiger partial charge in [-0.3, -0.25) is 4.68 Å². The maximum atomic E-state index is 11.3. The molecule has 1 aromatic carbocycles. The molecule has 0 aliphatic carbocycles. The van der Waals surface area contributed by atoms with E-state index in [1.54, 1.807) is 10.9 Å². The second-order valence-corrected chi connectivity index (χ2v) is 4.21. The Morgan fingerprint density at radius 1 is 1.35 bits per heavy atom. The highest BCUT2D eigenvalue weighted by molar-refractivity contribution is 5.67. The van der Waals surface area contributed by atoms with E-state index in [4.69, 9.17) is 0 Å². The molecule has 0 amide bonds. The van der Waals surface area contributed by atoms with E-state index in [1.807, 2.05) is 31.6 Å². The molecule has 17 heavy (non-hydrogen) atoms. The fourth-order valence-electron chi connectivity index (χ4n) is 2.04. The van der Waals surface area contributed by atoms with Gasteiger partial charge in [-0.2, -0.15) is 5.10 Å². The fourth-order valence-corrected chi connectivity index (χ4v) is 2.04. The Morgan fingerprint density at radius 2 is 2.24 bits per heavy atom. The predicted octanol–water partition coefficient (Wildman–Crippen LogP) is 2.35. The Kier molecular flexibility index (Phi) is 2.14. The Hall–Kier alpha value is -2.23. The van der Waals surface area contributed by atoms with E-state index in [0.29, 0.717) is 6.54 Å². The summed E-state index contributed by atoms with van der Waals surface area (Å²) in [5, 5.41) is 4.15. The van der Waals surface area contributed by atoms with Gasteiger partial charge in [-0.15, -0.1) is 0 Å². The predicted molar refractivity (Wildman–Crippen MR) is 65.0 cm³/mol. The maximum absolute atomic E-state index is 11.3. The molecule has 84 valence electrons. The fraction of sp³-hybridized carbons (Fsp3) is 0.154. The van der Waals surface area contributed by atoms with Gasteiger partial charge in [0.05, 0.1) is 6.20 Å². The zero-order valence-corrected chi connectivity index (χ0v) is 9.50. The molecule has 0 bridgehead atoms. The van der Waals surface area contributed by atoms with Crippen LogP contribution in [-0.4, -0.2) is 14.5 Å². The molecule has 0 spiro atoms. The van der Waals surface area contributed by atoms with Crippen LogP contribution in [0, 0.1) is 4.91 Å². The van der Waals surface area contributed by atoms with Gasteiger partial charge in [0, 0.05) is 40.1 Å². The van der Waals surface area contributed by atoms with Crippen LogP contribution < -0.4 is 0 Å². The van der Waals surface area contributed by atoms with Crippen molar-refractivity contribution in [1.82, 2.24) is 9.78 Å². The van der Waals surface area contributed by atoms with Crippen molar-refractivity contribution in [2.75, 3.05) is 0 Å². The number of aromatic nitrogens is 2. The lowest BCUT2D eigenvalue weighted by Gasteiger charge is -2.06. The average Bonchev–Trinajstić information content (AvgIpc) is 2.75. The molecule has 0 saturated carbocycles. The van der Waals surface area contributed by atoms with Crippen LogP contribution in [0.3, 0.4) is 0 Å². The van der Waals surface area contributed by atoms with Crippen molar-refractivity contribution in [2.45, 2.75) is 6.54 Å². The molecule has 0 radical (unpaired) electrons. The van der Waals surface area contributed by atoms with Crippen LogP contribution in [0.25, 0.3) is 17.2 Å². The van der Waals surface area contributed by atoms with E-state index in [2.05, 4.69) is 17.2 Å². The lowest BCUT2D eigenvalue weighted by molar-refractivity contribution is -0.496. The quantitative estimate of drug-likeness (QED) is 0.700. The molecular weight excluding hydrogens is 214 g/mol. The second kappa shape index (κ2) is 3.66. The molecule has 4 heteroatoms. The highest BCUT2D eigenvalue weighted by atomic mass is 16.3. The van der Waals surface area contributed by atoms with Crippen molar-refractivity contribution in [3.8, 4) is 11.1 Å². The Morgan fingerprint density at radius 3 is 3.00 bits per heavy atom. The highest BCUT2D eigenvalue weighted by Crippen LogP contribution is 2.25. The summed E-state index contributed by atoms with van der Waals surface area (Å²) in [5.74, 6) is 0. The van der Waals surface area contributed by atoms with E-state index in [1.165, 1.54) is 0 Å². The zero-order chi connectivity index (χ0) is 11.8. The summed E-state index contributed by atoms with van der Waals surface area (Å²) in [6, 6.07) is 6.16. The summed E-state index contributed by atoms with van der Waals surface area (Å²) in [6.45, 7) is 0.417. The number of hydrogen-bond donors (Lipinski definition) is 0. The molecule has 4 nitrogen and oxygen atoms in total. The summed E-state index contributed by atoms with van der Waals surface area (Å²) in [7, 11) is 1.89. The van der Waals surface area contributed by atoms with E-state index in [9.17, 15) is 4.91 Å². The first-order valence-corrected chi connectivity index (χ1v) is 5.46. The normalized spacial score (nSPS) is 13.8. The van der Waals surface area contributed by atoms with Crippen LogP contribution in [-0.2, 0) is 13.6 Å². The second-order valence-electron chi connectivity index (χ2n) is 4.21. The summed E-state index contributed by atoms with van der Waals surface area (Å²) in [5.41, 5.74) is 4.34. The minimum atomic E-state index is 0.417. The maximum Gasteiger partial charge on any atom is 0.224 e. The number of fused-ring (bicyclic) bond motifs is 1. The number of hydrogen-bond acceptors (Lipinski definition) is 2. The highest BCUT2D eigenvalue weighted by Gasteiger charge is 2.16. The van der Waals surface area contributed by atoms with Crippen LogP contribution in [0.1, 0.15) is 11.1 Å². The number of nitrogens with zero attached hydrogens (tertiary/aromatic N) is 3. The minimum Gasteiger partial charge on any atom is -0.275 e. The van der Waals surface area contributed by atoms with Crippen LogP contribution >= 0.6 is 0 Å². The van der Waals surface area contributed by atoms with Gasteiger partial charge in [-0.1, -0.05) is 12.1 Å². The molecule has 0 unspecified atom stereocenters. The summed E-state index contributed by atoms with van der Waals surface area (Å²) in [6.07, 6.45) is 7.20. The van der Waals surface area contributed by atoms with Crippen molar-refractivity contribution >= 4 is 6.08 Å². The third-order valence-corrected chi connectivity index (χ3v) is 2.93. The van der Waals surface area contributed by atoms with Crippen LogP contribution in [0.2, 0.25) is 0 Å². The van der Waals surface area contributed by atoms with E-state index < -0.39 is 0 Å². The Balaban J connectivity index is 2.07. The van der Waals surface area contributed by atoms with Crippen LogP contribution in [0.15, 0.2) is 36.8 Å². The molecule has 1 aromatic heterocycles. The minimum absolute atomic E-state index is 0.417. The standard InChI is InChI=1S/C13H12N3O/c1-15-8-13(7-14-15)11-3-2-10-4-5-16(17)9-12(10)6-11/h2-8H,9H2,1H3/q+1. The monoisotopic (exact) mass is 226 g/mol. The lowest BCUT2D eigenvalue weighted by Crippen LogP contribution is -2.06. The van der Waals surface area contributed by atoms with Gasteiger partial charge in [-0.25, -0.2) is 0 Å². The van der Waals surface area contributed by atoms with E-state index in [-0.39, 0.29) is 0 Å². The van der Waals surface area contributed by atoms with Crippen molar-refractivity contribution in [3.05, 3.63) is 52.8 Å². The molecule has 0 N–H and O–H groups in total. The Labute approximate surface area is 98.8 Å². The number of benzene rings is 1. The summed E-state index contributed by atoms with van der Waals surface area (Å²) >= 11 is 0. The first-order chi connectivity index (χ1) is 8.22. The van der Waals surface area contributed by atoms with Gasteiger partial charge in [0.25, 0.3) is 0 Å². The molecule has 1 aliphatic rings. The molecule has 0 fully saturated rings. The first kappa shape index (κ1) is 9.96. The largest absolute Gasteiger partial charge is 0.275 e. The first-order valence-electron chi connectivity index (χ1n) is 5.46. The van der Waals surface area contributed by atoms with Gasteiger partial charge in [-0.05, 0) is 17.2 Å². The van der Waals surface area contributed by atoms with Crippen molar-refractivity contribution in [3.63, 3.8) is 0 Å². The number of rotatable bonds is 1. The van der Waals surface area contributed by atoms with Crippen molar-refractivity contribution in [2.24, 2.45) is 7.05 Å². The third kappa shape index (κ3) is 1.78. The SMILES string of the molecule is Cn1cc(-c2ccc3c(c2)C[N+](=O)C=C3)cn1. The summed E-state index contributed by atoms with van der Waals surface area (Å²) < 4.78 is 2.71. The zero-order valence-electron chi connectivity index (χ0n) is 9.50. The van der Waals surface area contributed by atoms with Gasteiger partial charge in [0.15, 0.2) is 0 Å². The third-order valence-electron chi connectivity index (χ3n) is 2.93. The molecule has 0 atom stereocenters. The average molecular weight is 226 g/mol. The molecule has 1 aliphatic heterocycles. The van der Waals surface area contributed by atoms with Crippen LogP contribution in [0.5, 0.6) is 0 Å². The lowest BCUT2D eigenvalue weighted by atomic mass is 9.99. The van der Waals surface area contributed by atoms with Gasteiger partial charge in [0.1, 0.15) is 0 Å². The molecule has 2 aromatic rings. The van der Waals surface area contributed by atoms with E-state index >= 15 is 0 Å². The number of aryl methyl sites for hydroxylation is 1. The van der Waals surface area contributed by atoms with Gasteiger partial charge < -0.3 is 0 Å². The van der Waals surface area contributed by atoms with Crippen LogP contribution in [0.4, 0.5) is 0 Å². The van der Waals surface area contributed by atoms with Crippen molar-refractivity contribution < 1.29 is 4.76 Å². The summed E-state index contributed by atoms with van der Waals surface area (Å²) in [4.78, 5) is 11.3. The molecule has 3 rings (SSSR count). The Bertz CT molecular complexity index is 625. The van der Waals surface area contributed by atoms with Gasteiger partial charge in [0.2, 0.25) is 12.7 Å². The molecule has 0 saturated heterocycles. The smallest absolute Gasteiger partial charge is 0.224 e. The number of nitroso groups, excluding NO2 is 1. The van der Waals surface area contributed by atoms with E-state index in [0.717, 1.165) is 27.0 Å². The van der Waals surface area contributed by atoms with Crippen molar-refractivity contribution in [1.29, 1.82) is 0 Å². The van der Waals surface area contributed by atoms with Gasteiger partial charge >= 0.3 is 0 Å². The topological polar surface area (TPSA) is 37.9 Å².